The fraction of sp³-hybridized carbons (Fsp3) is 0.481. The zero-order chi connectivity index (χ0) is 26.4. The van der Waals surface area contributed by atoms with Crippen LogP contribution in [-0.4, -0.2) is 45.4 Å². The molecule has 2 fully saturated rings. The van der Waals surface area contributed by atoms with E-state index in [1.54, 1.807) is 11.3 Å². The number of hydrogen-bond donors (Lipinski definition) is 1. The van der Waals surface area contributed by atoms with Crippen LogP contribution in [-0.2, 0) is 16.3 Å². The van der Waals surface area contributed by atoms with E-state index in [1.165, 1.54) is 12.8 Å². The maximum Gasteiger partial charge on any atom is 0.304 e. The highest BCUT2D eigenvalue weighted by Gasteiger charge is 2.49. The smallest absolute Gasteiger partial charge is 0.304 e. The topological polar surface area (TPSA) is 91.8 Å². The normalized spacial score (nSPS) is 23.8. The molecule has 1 saturated heterocycles. The summed E-state index contributed by atoms with van der Waals surface area (Å²) in [6.45, 7) is 10.1. The highest BCUT2D eigenvalue weighted by atomic mass is 79.9. The van der Waals surface area contributed by atoms with E-state index < -0.39 is 5.91 Å². The van der Waals surface area contributed by atoms with Gasteiger partial charge in [0.1, 0.15) is 0 Å². The molecule has 1 aliphatic heterocycles. The number of amides is 1. The number of hydrogen-bond acceptors (Lipinski definition) is 7. The van der Waals surface area contributed by atoms with E-state index in [0.717, 1.165) is 33.2 Å². The van der Waals surface area contributed by atoms with Crippen LogP contribution < -0.4 is 0 Å². The Labute approximate surface area is 229 Å². The van der Waals surface area contributed by atoms with Crippen molar-refractivity contribution in [2.45, 2.75) is 59.7 Å². The number of aromatic hydroxyl groups is 1. The molecular weight excluding hydrogens is 554 g/mol. The van der Waals surface area contributed by atoms with Gasteiger partial charge >= 0.3 is 5.91 Å². The first-order chi connectivity index (χ1) is 17.5. The van der Waals surface area contributed by atoms with Gasteiger partial charge in [0, 0.05) is 22.4 Å². The van der Waals surface area contributed by atoms with Gasteiger partial charge in [0.05, 0.1) is 22.8 Å². The van der Waals surface area contributed by atoms with Crippen LogP contribution >= 0.6 is 27.3 Å². The van der Waals surface area contributed by atoms with Gasteiger partial charge in [-0.25, -0.2) is 0 Å². The molecule has 2 unspecified atom stereocenters. The Morgan fingerprint density at radius 1 is 1.27 bits per heavy atom. The summed E-state index contributed by atoms with van der Waals surface area (Å²) >= 11 is 5.06. The molecular formula is C27H32BrN5O3S. The molecule has 3 heterocycles. The number of aromatic nitrogens is 1. The molecule has 1 amide bonds. The summed E-state index contributed by atoms with van der Waals surface area (Å²) in [5, 5.41) is 25.9. The Bertz CT molecular complexity index is 1380. The van der Waals surface area contributed by atoms with Gasteiger partial charge in [0.15, 0.2) is 12.3 Å². The van der Waals surface area contributed by atoms with Crippen LogP contribution in [0, 0.1) is 10.8 Å². The molecule has 5 rings (SSSR count). The third-order valence-corrected chi connectivity index (χ3v) is 8.82. The standard InChI is InChI=1S/C27H32BrN5O3S/c1-17(22-6-5-9-37-22)31-36-13-23(34)29-30-24-20-10-18(28)7-8-21(20)33(25(24)35)16-32-15-27(4)12-19(32)11-26(2,3)14-27/h5-10,19,35H,11-16H2,1-4H3/b30-29?,31-17-. The third-order valence-electron chi connectivity index (χ3n) is 7.35. The molecule has 196 valence electrons. The fourth-order valence-electron chi connectivity index (χ4n) is 6.31. The van der Waals surface area contributed by atoms with Crippen molar-refractivity contribution < 1.29 is 14.7 Å². The summed E-state index contributed by atoms with van der Waals surface area (Å²) in [7, 11) is 0. The average Bonchev–Trinajstić information content (AvgIpc) is 3.49. The Morgan fingerprint density at radius 3 is 2.84 bits per heavy atom. The van der Waals surface area contributed by atoms with Crippen molar-refractivity contribution in [3.05, 3.63) is 45.1 Å². The maximum absolute atomic E-state index is 12.3. The van der Waals surface area contributed by atoms with Crippen molar-refractivity contribution in [1.29, 1.82) is 0 Å². The lowest BCUT2D eigenvalue weighted by molar-refractivity contribution is -0.122. The number of benzene rings is 1. The van der Waals surface area contributed by atoms with Crippen molar-refractivity contribution in [2.75, 3.05) is 13.2 Å². The van der Waals surface area contributed by atoms with E-state index in [1.807, 2.05) is 47.2 Å². The molecule has 0 radical (unpaired) electrons. The molecule has 1 N–H and O–H groups in total. The van der Waals surface area contributed by atoms with Crippen molar-refractivity contribution >= 4 is 55.5 Å². The molecule has 2 aliphatic rings. The summed E-state index contributed by atoms with van der Waals surface area (Å²) in [5.74, 6) is -0.579. The molecule has 8 nitrogen and oxygen atoms in total. The number of nitrogens with zero attached hydrogens (tertiary/aromatic N) is 5. The van der Waals surface area contributed by atoms with E-state index >= 15 is 0 Å². The second-order valence-corrected chi connectivity index (χ2v) is 13.2. The van der Waals surface area contributed by atoms with Crippen LogP contribution in [0.5, 0.6) is 5.88 Å². The zero-order valence-electron chi connectivity index (χ0n) is 21.6. The molecule has 0 spiro atoms. The summed E-state index contributed by atoms with van der Waals surface area (Å²) in [5.41, 5.74) is 2.41. The van der Waals surface area contributed by atoms with Gasteiger partial charge < -0.3 is 9.94 Å². The largest absolute Gasteiger partial charge is 0.493 e. The Balaban J connectivity index is 1.35. The quantitative estimate of drug-likeness (QED) is 0.182. The minimum absolute atomic E-state index is 0.00277. The van der Waals surface area contributed by atoms with Crippen molar-refractivity contribution in [3.8, 4) is 5.88 Å². The molecule has 37 heavy (non-hydrogen) atoms. The van der Waals surface area contributed by atoms with E-state index in [9.17, 15) is 9.90 Å². The number of oxime groups is 1. The van der Waals surface area contributed by atoms with E-state index in [4.69, 9.17) is 4.84 Å². The second kappa shape index (κ2) is 9.96. The number of rotatable bonds is 7. The van der Waals surface area contributed by atoms with Crippen molar-refractivity contribution in [1.82, 2.24) is 9.47 Å². The van der Waals surface area contributed by atoms with Gasteiger partial charge in [-0.05, 0) is 66.7 Å². The predicted molar refractivity (Wildman–Crippen MR) is 150 cm³/mol. The monoisotopic (exact) mass is 585 g/mol. The Hall–Kier alpha value is -2.56. The molecule has 1 aromatic carbocycles. The van der Waals surface area contributed by atoms with Gasteiger partial charge in [-0.1, -0.05) is 47.9 Å². The number of azo groups is 1. The number of likely N-dealkylation sites (tertiary alicyclic amines) is 1. The molecule has 3 aromatic rings. The predicted octanol–water partition coefficient (Wildman–Crippen LogP) is 7.08. The maximum atomic E-state index is 12.3. The molecule has 10 heteroatoms. The lowest BCUT2D eigenvalue weighted by atomic mass is 9.65. The van der Waals surface area contributed by atoms with E-state index in [2.05, 4.69) is 57.0 Å². The van der Waals surface area contributed by atoms with Crippen LogP contribution in [0.3, 0.4) is 0 Å². The lowest BCUT2D eigenvalue weighted by Crippen LogP contribution is -2.35. The van der Waals surface area contributed by atoms with Gasteiger partial charge in [-0.3, -0.25) is 14.3 Å². The summed E-state index contributed by atoms with van der Waals surface area (Å²) in [6, 6.07) is 10.1. The average molecular weight is 587 g/mol. The molecule has 2 atom stereocenters. The molecule has 2 bridgehead atoms. The van der Waals surface area contributed by atoms with Gasteiger partial charge in [-0.15, -0.1) is 21.6 Å². The first-order valence-electron chi connectivity index (χ1n) is 12.4. The molecule has 1 saturated carbocycles. The lowest BCUT2D eigenvalue weighted by Gasteiger charge is -2.40. The first-order valence-corrected chi connectivity index (χ1v) is 14.1. The minimum atomic E-state index is -0.582. The third kappa shape index (κ3) is 5.51. The van der Waals surface area contributed by atoms with Gasteiger partial charge in [0.25, 0.3) is 0 Å². The van der Waals surface area contributed by atoms with Crippen molar-refractivity contribution in [2.24, 2.45) is 26.2 Å². The highest BCUT2D eigenvalue weighted by molar-refractivity contribution is 9.10. The SMILES string of the molecule is C/C(=N/OCC(=O)N=Nc1c(O)n(CN2CC3(C)CC2CC(C)(C)C3)c2ccc(Br)cc12)c1cccs1. The van der Waals surface area contributed by atoms with Gasteiger partial charge in [0.2, 0.25) is 5.88 Å². The number of carbonyl (C=O) groups excluding carboxylic acids is 1. The number of halogens is 1. The Kier molecular flexibility index (Phi) is 7.02. The fourth-order valence-corrected chi connectivity index (χ4v) is 7.34. The van der Waals surface area contributed by atoms with Crippen LogP contribution in [0.25, 0.3) is 10.9 Å². The van der Waals surface area contributed by atoms with E-state index in [0.29, 0.717) is 23.8 Å². The van der Waals surface area contributed by atoms with Crippen LogP contribution in [0.15, 0.2) is 55.6 Å². The minimum Gasteiger partial charge on any atom is -0.493 e. The first kappa shape index (κ1) is 26.1. The van der Waals surface area contributed by atoms with Crippen LogP contribution in [0.1, 0.15) is 51.8 Å². The van der Waals surface area contributed by atoms with Crippen LogP contribution in [0.4, 0.5) is 5.69 Å². The number of fused-ring (bicyclic) bond motifs is 3. The van der Waals surface area contributed by atoms with Crippen LogP contribution in [0.2, 0.25) is 0 Å². The highest BCUT2D eigenvalue weighted by Crippen LogP contribution is 2.53. The summed E-state index contributed by atoms with van der Waals surface area (Å²) in [4.78, 5) is 21.0. The zero-order valence-corrected chi connectivity index (χ0v) is 24.0. The summed E-state index contributed by atoms with van der Waals surface area (Å²) in [6.07, 6.45) is 3.53. The van der Waals surface area contributed by atoms with Crippen molar-refractivity contribution in [3.63, 3.8) is 0 Å². The summed E-state index contributed by atoms with van der Waals surface area (Å²) < 4.78 is 2.73. The molecule has 2 aromatic heterocycles. The molecule has 1 aliphatic carbocycles. The second-order valence-electron chi connectivity index (χ2n) is 11.4. The number of thiophene rings is 1. The van der Waals surface area contributed by atoms with Gasteiger partial charge in [-0.2, -0.15) is 0 Å². The number of carbonyl (C=O) groups is 1. The van der Waals surface area contributed by atoms with E-state index in [-0.39, 0.29) is 23.6 Å². The Morgan fingerprint density at radius 2 is 2.08 bits per heavy atom.